The van der Waals surface area contributed by atoms with Crippen LogP contribution in [-0.4, -0.2) is 15.5 Å². The van der Waals surface area contributed by atoms with Gasteiger partial charge in [0.25, 0.3) is 0 Å². The molecule has 0 heterocycles. The summed E-state index contributed by atoms with van der Waals surface area (Å²) in [6.45, 7) is 2.44. The third-order valence-corrected chi connectivity index (χ3v) is 4.85. The van der Waals surface area contributed by atoms with E-state index in [1.54, 1.807) is 24.3 Å². The summed E-state index contributed by atoms with van der Waals surface area (Å²) < 4.78 is 39.1. The van der Waals surface area contributed by atoms with Gasteiger partial charge in [0, 0.05) is 12.6 Å². The van der Waals surface area contributed by atoms with Crippen molar-refractivity contribution in [2.45, 2.75) is 24.4 Å². The summed E-state index contributed by atoms with van der Waals surface area (Å²) in [7, 11) is -2.07. The standard InChI is InChI=1S/C16H19FN2O2S/c1-12(19-11-13-5-3-7-15(17)9-13)14-6-4-8-16(10-14)22(20,21)18-2/h3-10,12,18-19H,11H2,1-2H3/t12-/m1/s1. The lowest BCUT2D eigenvalue weighted by molar-refractivity contribution is 0.566. The predicted molar refractivity (Wildman–Crippen MR) is 84.3 cm³/mol. The van der Waals surface area contributed by atoms with E-state index in [1.807, 2.05) is 19.1 Å². The van der Waals surface area contributed by atoms with Crippen LogP contribution < -0.4 is 10.0 Å². The summed E-state index contributed by atoms with van der Waals surface area (Å²) in [6.07, 6.45) is 0. The van der Waals surface area contributed by atoms with E-state index in [0.717, 1.165) is 11.1 Å². The maximum Gasteiger partial charge on any atom is 0.240 e. The lowest BCUT2D eigenvalue weighted by Crippen LogP contribution is -2.21. The molecule has 0 aliphatic heterocycles. The van der Waals surface area contributed by atoms with Gasteiger partial charge in [-0.15, -0.1) is 0 Å². The van der Waals surface area contributed by atoms with E-state index in [9.17, 15) is 12.8 Å². The molecule has 2 rings (SSSR count). The zero-order valence-electron chi connectivity index (χ0n) is 12.5. The minimum Gasteiger partial charge on any atom is -0.306 e. The number of nitrogens with one attached hydrogen (secondary N) is 2. The van der Waals surface area contributed by atoms with Gasteiger partial charge in [0.1, 0.15) is 5.82 Å². The van der Waals surface area contributed by atoms with Gasteiger partial charge in [0.15, 0.2) is 0 Å². The molecule has 1 atom stereocenters. The third kappa shape index (κ3) is 4.13. The van der Waals surface area contributed by atoms with Gasteiger partial charge in [-0.05, 0) is 49.4 Å². The molecule has 0 saturated carbocycles. The van der Waals surface area contributed by atoms with E-state index < -0.39 is 10.0 Å². The zero-order valence-corrected chi connectivity index (χ0v) is 13.3. The van der Waals surface area contributed by atoms with Crippen molar-refractivity contribution in [1.29, 1.82) is 0 Å². The molecule has 0 aromatic heterocycles. The van der Waals surface area contributed by atoms with Crippen molar-refractivity contribution < 1.29 is 12.8 Å². The van der Waals surface area contributed by atoms with Crippen LogP contribution in [0.1, 0.15) is 24.1 Å². The Kier molecular flexibility index (Phi) is 5.28. The number of sulfonamides is 1. The average molecular weight is 322 g/mol. The van der Waals surface area contributed by atoms with Gasteiger partial charge in [-0.25, -0.2) is 17.5 Å². The largest absolute Gasteiger partial charge is 0.306 e. The van der Waals surface area contributed by atoms with Crippen molar-refractivity contribution in [3.63, 3.8) is 0 Å². The molecule has 0 unspecified atom stereocenters. The highest BCUT2D eigenvalue weighted by Crippen LogP contribution is 2.18. The molecule has 6 heteroatoms. The molecular weight excluding hydrogens is 303 g/mol. The quantitative estimate of drug-likeness (QED) is 0.859. The van der Waals surface area contributed by atoms with E-state index in [0.29, 0.717) is 6.54 Å². The van der Waals surface area contributed by atoms with Crippen LogP contribution in [0.3, 0.4) is 0 Å². The first-order valence-electron chi connectivity index (χ1n) is 6.94. The Bertz CT molecular complexity index is 747. The summed E-state index contributed by atoms with van der Waals surface area (Å²) in [6, 6.07) is 13.1. The maximum absolute atomic E-state index is 13.1. The minimum absolute atomic E-state index is 0.0599. The molecule has 0 saturated heterocycles. The summed E-state index contributed by atoms with van der Waals surface area (Å²) >= 11 is 0. The van der Waals surface area contributed by atoms with Gasteiger partial charge in [0.05, 0.1) is 4.90 Å². The monoisotopic (exact) mass is 322 g/mol. The second-order valence-corrected chi connectivity index (χ2v) is 6.90. The number of hydrogen-bond acceptors (Lipinski definition) is 3. The second kappa shape index (κ2) is 7.00. The number of hydrogen-bond donors (Lipinski definition) is 2. The number of benzene rings is 2. The van der Waals surface area contributed by atoms with Gasteiger partial charge >= 0.3 is 0 Å². The van der Waals surface area contributed by atoms with Crippen molar-refractivity contribution in [2.75, 3.05) is 7.05 Å². The van der Waals surface area contributed by atoms with Crippen molar-refractivity contribution in [1.82, 2.24) is 10.0 Å². The molecule has 118 valence electrons. The molecule has 2 aromatic carbocycles. The van der Waals surface area contributed by atoms with Crippen LogP contribution in [0.2, 0.25) is 0 Å². The van der Waals surface area contributed by atoms with E-state index in [-0.39, 0.29) is 16.8 Å². The Hall–Kier alpha value is -1.76. The molecule has 0 bridgehead atoms. The lowest BCUT2D eigenvalue weighted by atomic mass is 10.1. The van der Waals surface area contributed by atoms with Crippen molar-refractivity contribution in [2.24, 2.45) is 0 Å². The van der Waals surface area contributed by atoms with E-state index >= 15 is 0 Å². The second-order valence-electron chi connectivity index (χ2n) is 5.01. The highest BCUT2D eigenvalue weighted by Gasteiger charge is 2.13. The molecule has 0 spiro atoms. The fourth-order valence-corrected chi connectivity index (χ4v) is 2.89. The fourth-order valence-electron chi connectivity index (χ4n) is 2.10. The lowest BCUT2D eigenvalue weighted by Gasteiger charge is -2.15. The number of halogens is 1. The Labute approximate surface area is 130 Å². The van der Waals surface area contributed by atoms with Crippen LogP contribution in [0.4, 0.5) is 4.39 Å². The highest BCUT2D eigenvalue weighted by atomic mass is 32.2. The van der Waals surface area contributed by atoms with Crippen LogP contribution in [0, 0.1) is 5.82 Å². The third-order valence-electron chi connectivity index (χ3n) is 3.44. The first kappa shape index (κ1) is 16.6. The molecule has 4 nitrogen and oxygen atoms in total. The molecule has 2 aromatic rings. The molecule has 0 aliphatic rings. The molecule has 22 heavy (non-hydrogen) atoms. The van der Waals surface area contributed by atoms with Crippen LogP contribution >= 0.6 is 0 Å². The van der Waals surface area contributed by atoms with Crippen molar-refractivity contribution in [3.05, 3.63) is 65.5 Å². The highest BCUT2D eigenvalue weighted by molar-refractivity contribution is 7.89. The molecule has 0 amide bonds. The SMILES string of the molecule is CNS(=O)(=O)c1cccc([C@@H](C)NCc2cccc(F)c2)c1. The normalized spacial score (nSPS) is 13.0. The summed E-state index contributed by atoms with van der Waals surface area (Å²) in [5, 5.41) is 3.26. The molecule has 0 fully saturated rings. The van der Waals surface area contributed by atoms with E-state index in [4.69, 9.17) is 0 Å². The fraction of sp³-hybridized carbons (Fsp3) is 0.250. The van der Waals surface area contributed by atoms with Gasteiger partial charge < -0.3 is 5.32 Å². The van der Waals surface area contributed by atoms with Gasteiger partial charge in [-0.2, -0.15) is 0 Å². The van der Waals surface area contributed by atoms with Crippen LogP contribution in [-0.2, 0) is 16.6 Å². The molecule has 0 radical (unpaired) electrons. The zero-order chi connectivity index (χ0) is 16.2. The van der Waals surface area contributed by atoms with E-state index in [1.165, 1.54) is 19.2 Å². The van der Waals surface area contributed by atoms with Crippen LogP contribution in [0.15, 0.2) is 53.4 Å². The summed E-state index contributed by atoms with van der Waals surface area (Å²) in [5.41, 5.74) is 1.69. The Morgan fingerprint density at radius 3 is 2.55 bits per heavy atom. The van der Waals surface area contributed by atoms with Gasteiger partial charge in [-0.1, -0.05) is 24.3 Å². The predicted octanol–water partition coefficient (Wildman–Crippen LogP) is 2.58. The Balaban J connectivity index is 2.10. The smallest absolute Gasteiger partial charge is 0.240 e. The van der Waals surface area contributed by atoms with Gasteiger partial charge in [0.2, 0.25) is 10.0 Å². The average Bonchev–Trinajstić information content (AvgIpc) is 2.53. The summed E-state index contributed by atoms with van der Waals surface area (Å²) in [4.78, 5) is 0.229. The first-order valence-corrected chi connectivity index (χ1v) is 8.42. The topological polar surface area (TPSA) is 58.2 Å². The number of rotatable bonds is 6. The molecular formula is C16H19FN2O2S. The van der Waals surface area contributed by atoms with Crippen LogP contribution in [0.25, 0.3) is 0 Å². The van der Waals surface area contributed by atoms with Crippen molar-refractivity contribution in [3.8, 4) is 0 Å². The molecule has 2 N–H and O–H groups in total. The Morgan fingerprint density at radius 2 is 1.86 bits per heavy atom. The first-order chi connectivity index (χ1) is 10.4. The van der Waals surface area contributed by atoms with Crippen LogP contribution in [0.5, 0.6) is 0 Å². The van der Waals surface area contributed by atoms with E-state index in [2.05, 4.69) is 10.0 Å². The maximum atomic E-state index is 13.1. The minimum atomic E-state index is -3.45. The summed E-state index contributed by atoms with van der Waals surface area (Å²) in [5.74, 6) is -0.269. The van der Waals surface area contributed by atoms with Crippen molar-refractivity contribution >= 4 is 10.0 Å². The molecule has 0 aliphatic carbocycles. The Morgan fingerprint density at radius 1 is 1.14 bits per heavy atom. The van der Waals surface area contributed by atoms with Gasteiger partial charge in [-0.3, -0.25) is 0 Å².